The summed E-state index contributed by atoms with van der Waals surface area (Å²) in [5, 5.41) is 8.23. The fourth-order valence-corrected chi connectivity index (χ4v) is 2.95. The molecule has 138 valence electrons. The normalized spacial score (nSPS) is 14.3. The lowest BCUT2D eigenvalue weighted by Gasteiger charge is -2.22. The molecule has 1 N–H and O–H groups in total. The van der Waals surface area contributed by atoms with E-state index in [4.69, 9.17) is 9.47 Å². The fourth-order valence-electron chi connectivity index (χ4n) is 2.95. The number of nitrogens with zero attached hydrogens (tertiary/aromatic N) is 4. The van der Waals surface area contributed by atoms with Crippen LogP contribution in [-0.4, -0.2) is 47.3 Å². The number of pyridine rings is 1. The van der Waals surface area contributed by atoms with Gasteiger partial charge in [0.25, 0.3) is 11.4 Å². The maximum Gasteiger partial charge on any atom is 0.348 e. The summed E-state index contributed by atoms with van der Waals surface area (Å²) in [5.41, 5.74) is 0.528. The summed E-state index contributed by atoms with van der Waals surface area (Å²) in [4.78, 5) is 30.1. The minimum Gasteiger partial charge on any atom is -0.438 e. The number of esters is 1. The Morgan fingerprint density at radius 2 is 2.00 bits per heavy atom. The number of benzene rings is 1. The van der Waals surface area contributed by atoms with Gasteiger partial charge in [-0.1, -0.05) is 17.3 Å². The van der Waals surface area contributed by atoms with Gasteiger partial charge in [0, 0.05) is 0 Å². The van der Waals surface area contributed by atoms with Gasteiger partial charge in [-0.15, -0.1) is 5.10 Å². The molecule has 1 aliphatic heterocycles. The van der Waals surface area contributed by atoms with Crippen LogP contribution in [0.25, 0.3) is 10.9 Å². The number of hydrogen-bond acceptors (Lipinski definition) is 7. The maximum atomic E-state index is 12.6. The number of fused-ring (bicyclic) bond motifs is 1. The summed E-state index contributed by atoms with van der Waals surface area (Å²) in [5.74, 6) is 0.123. The van der Waals surface area contributed by atoms with Gasteiger partial charge >= 0.3 is 5.97 Å². The molecular formula is C18H18N5O4+. The minimum absolute atomic E-state index is 0.313. The zero-order chi connectivity index (χ0) is 18.6. The third-order valence-electron chi connectivity index (χ3n) is 4.33. The smallest absolute Gasteiger partial charge is 0.348 e. The van der Waals surface area contributed by atoms with Crippen molar-refractivity contribution >= 4 is 22.7 Å². The highest BCUT2D eigenvalue weighted by Crippen LogP contribution is 2.16. The Balaban J connectivity index is 1.54. The summed E-state index contributed by atoms with van der Waals surface area (Å²) in [6.45, 7) is 2.23. The van der Waals surface area contributed by atoms with Gasteiger partial charge in [0.1, 0.15) is 24.2 Å². The zero-order valence-electron chi connectivity index (χ0n) is 14.5. The van der Waals surface area contributed by atoms with E-state index in [0.29, 0.717) is 48.6 Å². The lowest BCUT2D eigenvalue weighted by atomic mass is 10.2. The number of rotatable bonds is 4. The topological polar surface area (TPSA) is 101 Å². The molecular weight excluding hydrogens is 350 g/mol. The van der Waals surface area contributed by atoms with E-state index < -0.39 is 5.97 Å². The van der Waals surface area contributed by atoms with Crippen LogP contribution in [0.4, 0.5) is 5.82 Å². The van der Waals surface area contributed by atoms with Crippen LogP contribution in [0.1, 0.15) is 10.4 Å². The highest BCUT2D eigenvalue weighted by atomic mass is 16.5. The number of ether oxygens (including phenoxy) is 2. The number of carbonyl (C=O) groups is 1. The number of nitrogens with one attached hydrogen (secondary N) is 1. The van der Waals surface area contributed by atoms with Gasteiger partial charge < -0.3 is 9.47 Å². The van der Waals surface area contributed by atoms with Gasteiger partial charge in [0.05, 0.1) is 24.8 Å². The van der Waals surface area contributed by atoms with Crippen LogP contribution in [0, 0.1) is 0 Å². The van der Waals surface area contributed by atoms with Gasteiger partial charge in [-0.2, -0.15) is 4.68 Å². The number of carbonyl (C=O) groups excluding carboxylic acids is 1. The van der Waals surface area contributed by atoms with E-state index in [0.717, 1.165) is 4.68 Å². The molecule has 0 aliphatic carbocycles. The van der Waals surface area contributed by atoms with Crippen molar-refractivity contribution in [3.05, 3.63) is 58.5 Å². The van der Waals surface area contributed by atoms with E-state index >= 15 is 0 Å². The summed E-state index contributed by atoms with van der Waals surface area (Å²) < 4.78 is 11.7. The van der Waals surface area contributed by atoms with Crippen LogP contribution in [-0.2, 0) is 16.2 Å². The molecule has 1 aliphatic rings. The third-order valence-corrected chi connectivity index (χ3v) is 4.33. The molecule has 2 aromatic heterocycles. The average Bonchev–Trinajstić information content (AvgIpc) is 2.74. The first-order valence-corrected chi connectivity index (χ1v) is 8.57. The van der Waals surface area contributed by atoms with Crippen molar-refractivity contribution in [3.8, 4) is 0 Å². The van der Waals surface area contributed by atoms with Crippen molar-refractivity contribution in [1.82, 2.24) is 15.0 Å². The Morgan fingerprint density at radius 3 is 2.85 bits per heavy atom. The van der Waals surface area contributed by atoms with Gasteiger partial charge in [-0.05, 0) is 24.3 Å². The molecule has 0 radical (unpaired) electrons. The maximum absolute atomic E-state index is 12.6. The Hall–Kier alpha value is -3.33. The number of anilines is 1. The summed E-state index contributed by atoms with van der Waals surface area (Å²) in [6, 6.07) is 10.3. The number of morpholine rings is 1. The molecule has 0 bridgehead atoms. The molecule has 9 heteroatoms. The molecule has 0 atom stereocenters. The highest BCUT2D eigenvalue weighted by molar-refractivity contribution is 5.93. The number of aromatic amines is 1. The molecule has 27 heavy (non-hydrogen) atoms. The predicted octanol–water partition coefficient (Wildman–Crippen LogP) is 0.257. The molecule has 0 saturated carbocycles. The zero-order valence-corrected chi connectivity index (χ0v) is 14.5. The number of H-pyrrole nitrogens is 1. The largest absolute Gasteiger partial charge is 0.438 e. The second-order valence-corrected chi connectivity index (χ2v) is 6.00. The molecule has 9 nitrogen and oxygen atoms in total. The molecule has 0 unspecified atom stereocenters. The van der Waals surface area contributed by atoms with Crippen molar-refractivity contribution < 1.29 is 19.3 Å². The van der Waals surface area contributed by atoms with E-state index in [9.17, 15) is 9.59 Å². The predicted molar refractivity (Wildman–Crippen MR) is 95.2 cm³/mol. The first kappa shape index (κ1) is 17.1. The van der Waals surface area contributed by atoms with E-state index in [1.807, 2.05) is 4.90 Å². The molecule has 1 saturated heterocycles. The Kier molecular flexibility index (Phi) is 4.75. The summed E-state index contributed by atoms with van der Waals surface area (Å²) in [7, 11) is 0. The molecule has 1 aromatic carbocycles. The number of aromatic nitrogens is 4. The molecule has 3 heterocycles. The van der Waals surface area contributed by atoms with Crippen molar-refractivity contribution in [2.45, 2.75) is 6.73 Å². The molecule has 0 amide bonds. The summed E-state index contributed by atoms with van der Waals surface area (Å²) in [6.07, 6.45) is 1.75. The average molecular weight is 368 g/mol. The van der Waals surface area contributed by atoms with E-state index in [2.05, 4.69) is 15.3 Å². The van der Waals surface area contributed by atoms with Crippen molar-refractivity contribution in [3.63, 3.8) is 0 Å². The van der Waals surface area contributed by atoms with Gasteiger partial charge in [0.2, 0.25) is 0 Å². The van der Waals surface area contributed by atoms with Crippen LogP contribution in [0.15, 0.2) is 47.4 Å². The van der Waals surface area contributed by atoms with E-state index in [1.54, 1.807) is 42.6 Å². The van der Waals surface area contributed by atoms with Crippen LogP contribution < -0.4 is 15.4 Å². The van der Waals surface area contributed by atoms with Crippen molar-refractivity contribution in [2.24, 2.45) is 0 Å². The Bertz CT molecular complexity index is 1030. The Morgan fingerprint density at radius 1 is 1.19 bits per heavy atom. The lowest BCUT2D eigenvalue weighted by molar-refractivity contribution is -0.364. The summed E-state index contributed by atoms with van der Waals surface area (Å²) >= 11 is 0. The lowest BCUT2D eigenvalue weighted by Crippen LogP contribution is -2.40. The van der Waals surface area contributed by atoms with Crippen LogP contribution in [0.5, 0.6) is 0 Å². The third kappa shape index (κ3) is 3.49. The number of hydrogen-bond donors (Lipinski definition) is 0. The van der Waals surface area contributed by atoms with Gasteiger partial charge in [0.15, 0.2) is 6.73 Å². The molecule has 4 rings (SSSR count). The van der Waals surface area contributed by atoms with Crippen molar-refractivity contribution in [2.75, 3.05) is 31.2 Å². The van der Waals surface area contributed by atoms with E-state index in [1.165, 1.54) is 0 Å². The first-order chi connectivity index (χ1) is 13.2. The van der Waals surface area contributed by atoms with Crippen LogP contribution >= 0.6 is 0 Å². The minimum atomic E-state index is -0.546. The second-order valence-electron chi connectivity index (χ2n) is 6.00. The Labute approximate surface area is 154 Å². The fraction of sp³-hybridized carbons (Fsp3) is 0.278. The van der Waals surface area contributed by atoms with E-state index in [-0.39, 0.29) is 12.3 Å². The standard InChI is InChI=1S/C18H17N5O4/c24-17-13-4-1-2-6-15(13)20-21-23(17)12-27-18(25)14-5-3-7-19-16(14)22-8-10-26-11-9-22/h1-7H,8-12H2/p+1. The molecule has 0 spiro atoms. The first-order valence-electron chi connectivity index (χ1n) is 8.57. The second kappa shape index (κ2) is 7.50. The van der Waals surface area contributed by atoms with Gasteiger partial charge in [-0.3, -0.25) is 9.69 Å². The molecule has 1 fully saturated rings. The van der Waals surface area contributed by atoms with Crippen molar-refractivity contribution in [1.29, 1.82) is 0 Å². The van der Waals surface area contributed by atoms with Crippen LogP contribution in [0.3, 0.4) is 0 Å². The highest BCUT2D eigenvalue weighted by Gasteiger charge is 2.27. The monoisotopic (exact) mass is 368 g/mol. The van der Waals surface area contributed by atoms with Gasteiger partial charge in [-0.25, -0.2) is 9.78 Å². The van der Waals surface area contributed by atoms with Crippen LogP contribution in [0.2, 0.25) is 0 Å². The molecule has 3 aromatic rings. The quantitative estimate of drug-likeness (QED) is 0.609. The SMILES string of the molecule is O=C(OCn1nnc2ccccc2c1=O)c1ccc[nH+]c1N1CCOCC1.